The predicted molar refractivity (Wildman–Crippen MR) is 44.4 cm³/mol. The van der Waals surface area contributed by atoms with Gasteiger partial charge in [0.1, 0.15) is 0 Å². The minimum absolute atomic E-state index is 1.00. The topological polar surface area (TPSA) is 0 Å². The number of hydrogen-bond acceptors (Lipinski definition) is 0. The largest absolute Gasteiger partial charge is 0.330 e. The zero-order valence-corrected chi connectivity index (χ0v) is 6.96. The van der Waals surface area contributed by atoms with E-state index in [0.717, 1.165) is 11.0 Å². The van der Waals surface area contributed by atoms with E-state index in [1.807, 2.05) is 0 Å². The Morgan fingerprint density at radius 1 is 1.10 bits per heavy atom. The molecule has 0 fully saturated rings. The van der Waals surface area contributed by atoms with Gasteiger partial charge in [-0.3, -0.25) is 0 Å². The smallest absolute Gasteiger partial charge is 0.0922 e. The van der Waals surface area contributed by atoms with Crippen LogP contribution in [0.4, 0.5) is 0 Å². The second kappa shape index (κ2) is 2.59. The highest BCUT2D eigenvalue weighted by atomic mass is 15.3. The number of rotatable bonds is 2. The van der Waals surface area contributed by atoms with Gasteiger partial charge in [0.2, 0.25) is 0 Å². The summed E-state index contributed by atoms with van der Waals surface area (Å²) in [5.41, 5.74) is 0. The molecule has 1 rings (SSSR count). The Morgan fingerprint density at radius 2 is 1.60 bits per heavy atom. The monoisotopic (exact) mass is 137 g/mol. The molecule has 0 aromatic rings. The van der Waals surface area contributed by atoms with E-state index in [0.29, 0.717) is 0 Å². The van der Waals surface area contributed by atoms with Crippen molar-refractivity contribution in [1.29, 1.82) is 0 Å². The lowest BCUT2D eigenvalue weighted by Crippen LogP contribution is -2.37. The van der Waals surface area contributed by atoms with Gasteiger partial charge in [0.25, 0.3) is 0 Å². The lowest BCUT2D eigenvalue weighted by atomic mass is 10.1. The third-order valence-corrected chi connectivity index (χ3v) is 1.39. The minimum atomic E-state index is 1.00. The molecule has 0 bridgehead atoms. The van der Waals surface area contributed by atoms with Crippen LogP contribution in [-0.2, 0) is 0 Å². The molecule has 1 heteroatoms. The van der Waals surface area contributed by atoms with Gasteiger partial charge in [0.05, 0.1) is 33.6 Å². The predicted octanol–water partition coefficient (Wildman–Crippen LogP) is 1.39. The highest BCUT2D eigenvalue weighted by Crippen LogP contribution is 2.13. The van der Waals surface area contributed by atoms with Gasteiger partial charge in [0, 0.05) is 0 Å². The molecular formula is C9H15N+. The van der Waals surface area contributed by atoms with Crippen molar-refractivity contribution >= 4 is 0 Å². The van der Waals surface area contributed by atoms with Gasteiger partial charge >= 0.3 is 0 Å². The van der Waals surface area contributed by atoms with Gasteiger partial charge in [-0.25, -0.2) is 0 Å². The Labute approximate surface area is 63.2 Å². The molecule has 0 aromatic carbocycles. The van der Waals surface area contributed by atoms with Crippen molar-refractivity contribution in [3.05, 3.63) is 30.2 Å². The maximum atomic E-state index is 2.20. The molecule has 1 aliphatic rings. The quantitative estimate of drug-likeness (QED) is 0.505. The molecule has 0 atom stereocenters. The third-order valence-electron chi connectivity index (χ3n) is 1.39. The Kier molecular flexibility index (Phi) is 1.95. The first kappa shape index (κ1) is 7.55. The van der Waals surface area contributed by atoms with Gasteiger partial charge in [-0.1, -0.05) is 24.3 Å². The van der Waals surface area contributed by atoms with Crippen molar-refractivity contribution in [2.75, 3.05) is 27.7 Å². The summed E-state index contributed by atoms with van der Waals surface area (Å²) in [6.07, 6.45) is 8.52. The fourth-order valence-corrected chi connectivity index (χ4v) is 1.07. The van der Waals surface area contributed by atoms with E-state index in [-0.39, 0.29) is 0 Å². The van der Waals surface area contributed by atoms with Crippen LogP contribution >= 0.6 is 0 Å². The zero-order chi connectivity index (χ0) is 7.61. The summed E-state index contributed by atoms with van der Waals surface area (Å²) in [5.74, 6) is 1.42. The van der Waals surface area contributed by atoms with Crippen LogP contribution in [0.15, 0.2) is 24.3 Å². The molecule has 0 aliphatic heterocycles. The maximum absolute atomic E-state index is 2.20. The molecule has 0 spiro atoms. The molecule has 1 aliphatic carbocycles. The molecule has 0 aromatic heterocycles. The van der Waals surface area contributed by atoms with Crippen LogP contribution < -0.4 is 0 Å². The molecule has 55 valence electrons. The van der Waals surface area contributed by atoms with Crippen molar-refractivity contribution in [3.8, 4) is 0 Å². The van der Waals surface area contributed by atoms with Gasteiger partial charge in [-0.15, -0.1) is 0 Å². The molecule has 0 unspecified atom stereocenters. The van der Waals surface area contributed by atoms with E-state index >= 15 is 0 Å². The van der Waals surface area contributed by atoms with E-state index < -0.39 is 0 Å². The second-order valence-electron chi connectivity index (χ2n) is 3.74. The number of quaternary nitrogens is 1. The maximum Gasteiger partial charge on any atom is 0.0922 e. The minimum Gasteiger partial charge on any atom is -0.330 e. The summed E-state index contributed by atoms with van der Waals surface area (Å²) in [6, 6.07) is 0. The molecule has 0 heterocycles. The molecule has 0 N–H and O–H groups in total. The van der Waals surface area contributed by atoms with E-state index in [2.05, 4.69) is 45.4 Å². The second-order valence-corrected chi connectivity index (χ2v) is 3.74. The Hall–Kier alpha value is -0.560. The summed E-state index contributed by atoms with van der Waals surface area (Å²) >= 11 is 0. The number of nitrogens with zero attached hydrogens (tertiary/aromatic N) is 1. The summed E-state index contributed by atoms with van der Waals surface area (Å²) in [6.45, 7) is 1.12. The van der Waals surface area contributed by atoms with Crippen LogP contribution in [0.25, 0.3) is 0 Å². The summed E-state index contributed by atoms with van der Waals surface area (Å²) in [7, 11) is 6.60. The van der Waals surface area contributed by atoms with Crippen LogP contribution in [0, 0.1) is 5.92 Å². The number of hydrogen-bond donors (Lipinski definition) is 0. The van der Waals surface area contributed by atoms with Crippen molar-refractivity contribution in [3.63, 3.8) is 0 Å². The Morgan fingerprint density at radius 3 is 2.00 bits per heavy atom. The first-order valence-electron chi connectivity index (χ1n) is 3.59. The van der Waals surface area contributed by atoms with Crippen LogP contribution in [0.3, 0.4) is 0 Å². The summed E-state index contributed by atoms with van der Waals surface area (Å²) < 4.78 is 1.00. The first-order valence-corrected chi connectivity index (χ1v) is 3.59. The highest BCUT2D eigenvalue weighted by molar-refractivity contribution is 5.33. The molecule has 1 nitrogen and oxygen atoms in total. The lowest BCUT2D eigenvalue weighted by Gasteiger charge is -2.25. The number of allylic oxidation sites excluding steroid dienone is 2. The summed E-state index contributed by atoms with van der Waals surface area (Å²) in [5, 5.41) is 0. The van der Waals surface area contributed by atoms with Gasteiger partial charge in [-0.2, -0.15) is 0 Å². The van der Waals surface area contributed by atoms with Gasteiger partial charge < -0.3 is 4.48 Å². The zero-order valence-electron chi connectivity index (χ0n) is 6.96. The average molecular weight is 137 g/mol. The normalized spacial score (nSPS) is 18.7. The fourth-order valence-electron chi connectivity index (χ4n) is 1.07. The van der Waals surface area contributed by atoms with Crippen LogP contribution in [-0.4, -0.2) is 32.2 Å². The van der Waals surface area contributed by atoms with Crippen molar-refractivity contribution in [2.24, 2.45) is 0 Å². The SMILES string of the molecule is C[N+](C)(C)C[C]1C=CC=C1. The molecule has 10 heavy (non-hydrogen) atoms. The van der Waals surface area contributed by atoms with E-state index in [1.165, 1.54) is 5.92 Å². The van der Waals surface area contributed by atoms with Crippen LogP contribution in [0.5, 0.6) is 0 Å². The first-order chi connectivity index (χ1) is 4.58. The van der Waals surface area contributed by atoms with E-state index in [9.17, 15) is 0 Å². The summed E-state index contributed by atoms with van der Waals surface area (Å²) in [4.78, 5) is 0. The lowest BCUT2D eigenvalue weighted by molar-refractivity contribution is -0.866. The standard InChI is InChI=1S/C9H15N/c1-10(2,3)8-9-6-4-5-7-9/h4-7H,8H2,1-3H3/q+1. The Bertz CT molecular complexity index is 148. The van der Waals surface area contributed by atoms with E-state index in [4.69, 9.17) is 0 Å². The van der Waals surface area contributed by atoms with Crippen molar-refractivity contribution in [1.82, 2.24) is 0 Å². The van der Waals surface area contributed by atoms with Crippen LogP contribution in [0.2, 0.25) is 0 Å². The van der Waals surface area contributed by atoms with E-state index in [1.54, 1.807) is 0 Å². The van der Waals surface area contributed by atoms with Crippen LogP contribution in [0.1, 0.15) is 0 Å². The average Bonchev–Trinajstić information content (AvgIpc) is 2.12. The van der Waals surface area contributed by atoms with Crippen molar-refractivity contribution < 1.29 is 4.48 Å². The Balaban J connectivity index is 2.40. The van der Waals surface area contributed by atoms with Gasteiger partial charge in [0.15, 0.2) is 0 Å². The molecule has 0 saturated carbocycles. The fraction of sp³-hybridized carbons (Fsp3) is 0.444. The molecule has 0 amide bonds. The third kappa shape index (κ3) is 2.36. The van der Waals surface area contributed by atoms with Gasteiger partial charge in [-0.05, 0) is 0 Å². The molecule has 0 saturated heterocycles. The molecule has 1 radical (unpaired) electrons. The van der Waals surface area contributed by atoms with Crippen molar-refractivity contribution in [2.45, 2.75) is 0 Å². The molecular weight excluding hydrogens is 122 g/mol. The highest BCUT2D eigenvalue weighted by Gasteiger charge is 2.14.